The zero-order chi connectivity index (χ0) is 63.7. The van der Waals surface area contributed by atoms with Gasteiger partial charge in [0, 0.05) is 23.0 Å². The molecule has 0 amide bonds. The second-order valence-corrected chi connectivity index (χ2v) is 29.0. The minimum absolute atomic E-state index is 0.0805. The highest BCUT2D eigenvalue weighted by atomic mass is 16.5. The number of imidazole rings is 1. The van der Waals surface area contributed by atoms with Crippen molar-refractivity contribution < 1.29 is 16.2 Å². The Kier molecular flexibility index (Phi) is 12.5. The topological polar surface area (TPSA) is 35.9 Å². The summed E-state index contributed by atoms with van der Waals surface area (Å²) in [5, 5.41) is 2.20. The van der Waals surface area contributed by atoms with Crippen molar-refractivity contribution in [1.29, 1.82) is 0 Å². The summed E-state index contributed by atoms with van der Waals surface area (Å²) in [4.78, 5) is 4.93. The lowest BCUT2D eigenvalue weighted by Gasteiger charge is -2.30. The van der Waals surface area contributed by atoms with Gasteiger partial charge in [-0.3, -0.25) is 13.7 Å². The first kappa shape index (κ1) is 50.7. The van der Waals surface area contributed by atoms with Crippen molar-refractivity contribution in [3.63, 3.8) is 0 Å². The summed E-state index contributed by atoms with van der Waals surface area (Å²) >= 11 is 0. The molecule has 11 aromatic rings. The van der Waals surface area contributed by atoms with Crippen LogP contribution < -0.4 is 9.30 Å². The van der Waals surface area contributed by atoms with Crippen molar-refractivity contribution in [2.24, 2.45) is 0 Å². The first-order valence-electron chi connectivity index (χ1n) is 31.8. The summed E-state index contributed by atoms with van der Waals surface area (Å²) in [5.74, 6) is 2.07. The molecule has 422 valence electrons. The third-order valence-electron chi connectivity index (χ3n) is 16.4. The first-order chi connectivity index (χ1) is 41.0. The Morgan fingerprint density at radius 3 is 1.52 bits per heavy atom. The van der Waals surface area contributed by atoms with Crippen molar-refractivity contribution in [3.05, 3.63) is 222 Å². The largest absolute Gasteiger partial charge is 0.458 e. The number of hydrogen-bond acceptors (Lipinski definition) is 2. The molecule has 0 N–H and O–H groups in total. The molecule has 0 bridgehead atoms. The van der Waals surface area contributed by atoms with Crippen molar-refractivity contribution in [2.75, 3.05) is 0 Å². The van der Waals surface area contributed by atoms with E-state index in [-0.39, 0.29) is 50.1 Å². The van der Waals surface area contributed by atoms with E-state index in [9.17, 15) is 2.74 Å². The van der Waals surface area contributed by atoms with Gasteiger partial charge in [-0.05, 0) is 154 Å². The van der Waals surface area contributed by atoms with Gasteiger partial charge >= 0.3 is 0 Å². The molecule has 0 saturated heterocycles. The molecule has 5 nitrogen and oxygen atoms in total. The standard InChI is InChI=1S/C78H84N4O/c1-73(2,3)54-35-36-79-71(46-54)82-67-30-23-22-29-63(67)64-33-32-62(48-69(64)82)83-61-28-24-27-60(47-61)80-49-81(68-34-31-51(41-70(68)80)50-25-20-19-21-26-50)72-65(52-37-55(74(4,5)6)42-56(38-52)75(7,8)9)44-59(78(16,17)18)45-66(72)53-39-57(76(10,11)12)43-58(40-53)77(13,14)15/h19-48H,1-18H3/i19D,20D,21D,25D,26D. The smallest absolute Gasteiger partial charge is 0.269 e. The Hall–Kier alpha value is -8.02. The number of para-hydroxylation sites is 1. The summed E-state index contributed by atoms with van der Waals surface area (Å²) < 4.78 is 57.8. The van der Waals surface area contributed by atoms with Crippen LogP contribution in [-0.2, 0) is 32.5 Å². The van der Waals surface area contributed by atoms with E-state index >= 15 is 0 Å². The molecule has 0 radical (unpaired) electrons. The van der Waals surface area contributed by atoms with Gasteiger partial charge in [0.05, 0.1) is 40.3 Å². The Balaban J connectivity index is 1.21. The summed E-state index contributed by atoms with van der Waals surface area (Å²) in [6.07, 6.45) is 5.85. The predicted molar refractivity (Wildman–Crippen MR) is 351 cm³/mol. The quantitative estimate of drug-likeness (QED) is 0.112. The zero-order valence-corrected chi connectivity index (χ0v) is 52.1. The molecule has 0 unspecified atom stereocenters. The molecule has 3 heterocycles. The van der Waals surface area contributed by atoms with E-state index in [4.69, 9.17) is 13.8 Å². The fraction of sp³-hybridized carbons (Fsp3) is 0.308. The van der Waals surface area contributed by atoms with Gasteiger partial charge < -0.3 is 4.74 Å². The van der Waals surface area contributed by atoms with E-state index in [1.54, 1.807) is 0 Å². The molecule has 0 aliphatic heterocycles. The third-order valence-corrected chi connectivity index (χ3v) is 16.4. The van der Waals surface area contributed by atoms with Crippen LogP contribution in [0.15, 0.2) is 182 Å². The summed E-state index contributed by atoms with van der Waals surface area (Å²) in [6.45, 7) is 40.9. The van der Waals surface area contributed by atoms with Gasteiger partial charge in [-0.2, -0.15) is 0 Å². The molecule has 11 rings (SSSR count). The number of aromatic nitrogens is 4. The number of rotatable bonds is 8. The van der Waals surface area contributed by atoms with Gasteiger partial charge in [-0.15, -0.1) is 0 Å². The van der Waals surface area contributed by atoms with Crippen LogP contribution in [0.5, 0.6) is 11.5 Å². The molecule has 0 spiro atoms. The van der Waals surface area contributed by atoms with Crippen molar-refractivity contribution in [2.45, 2.75) is 157 Å². The van der Waals surface area contributed by atoms with Crippen LogP contribution in [0.4, 0.5) is 0 Å². The number of fused-ring (bicyclic) bond motifs is 4. The molecule has 0 atom stereocenters. The number of ether oxygens (including phenoxy) is 1. The van der Waals surface area contributed by atoms with Crippen molar-refractivity contribution >= 4 is 32.8 Å². The van der Waals surface area contributed by atoms with Gasteiger partial charge in [0.25, 0.3) is 6.33 Å². The SMILES string of the molecule is [2H]c1c([2H])c([2H])c(-c2ccc3c(c2)n(-c2cccc(Oc4ccc5c6ccccc6n(-c6cc(C(C)(C)C)ccn6)c5c4)c2)[c-][n+]3-c2c(-c3cc(C(C)(C)C)cc(C(C)(C)C)c3)cc(C(C)(C)C)cc2-c2cc(C(C)(C)C)cc(C(C)(C)C)c2)c([2H])c1[2H]. The maximum Gasteiger partial charge on any atom is 0.269 e. The second kappa shape index (κ2) is 20.4. The molecular formula is C78H84N4O. The van der Waals surface area contributed by atoms with Crippen LogP contribution in [0.3, 0.4) is 0 Å². The van der Waals surface area contributed by atoms with Gasteiger partial charge in [0.15, 0.2) is 0 Å². The van der Waals surface area contributed by atoms with Gasteiger partial charge in [-0.1, -0.05) is 240 Å². The first-order valence-corrected chi connectivity index (χ1v) is 29.3. The van der Waals surface area contributed by atoms with E-state index in [1.807, 2.05) is 59.3 Å². The van der Waals surface area contributed by atoms with Crippen LogP contribution in [-0.4, -0.2) is 14.1 Å². The Morgan fingerprint density at radius 1 is 0.422 bits per heavy atom. The molecule has 5 heteroatoms. The monoisotopic (exact) mass is 1100 g/mol. The maximum absolute atomic E-state index is 9.20. The Labute approximate surface area is 501 Å². The van der Waals surface area contributed by atoms with Crippen LogP contribution in [0.25, 0.3) is 83.4 Å². The lowest BCUT2D eigenvalue weighted by atomic mass is 9.76. The average Bonchev–Trinajstić information content (AvgIpc) is 1.70. The number of pyridine rings is 1. The van der Waals surface area contributed by atoms with Crippen molar-refractivity contribution in [3.8, 4) is 62.1 Å². The zero-order valence-electron chi connectivity index (χ0n) is 57.1. The van der Waals surface area contributed by atoms with Gasteiger partial charge in [0.2, 0.25) is 0 Å². The minimum atomic E-state index is -0.438. The minimum Gasteiger partial charge on any atom is -0.458 e. The predicted octanol–water partition coefficient (Wildman–Crippen LogP) is 20.8. The molecule has 0 saturated carbocycles. The molecule has 0 aliphatic rings. The highest BCUT2D eigenvalue weighted by molar-refractivity contribution is 6.09. The maximum atomic E-state index is 9.20. The van der Waals surface area contributed by atoms with E-state index < -0.39 is 18.1 Å². The molecule has 3 aromatic heterocycles. The number of benzene rings is 8. The van der Waals surface area contributed by atoms with Gasteiger partial charge in [-0.25, -0.2) is 4.98 Å². The molecule has 0 aliphatic carbocycles. The molecule has 8 aromatic carbocycles. The third kappa shape index (κ3) is 11.2. The normalized spacial score (nSPS) is 13.8. The van der Waals surface area contributed by atoms with E-state index in [0.29, 0.717) is 22.6 Å². The molecule has 83 heavy (non-hydrogen) atoms. The summed E-state index contributed by atoms with van der Waals surface area (Å²) in [6, 6.07) is 50.1. The van der Waals surface area contributed by atoms with E-state index in [2.05, 4.69) is 237 Å². The Bertz CT molecular complexity index is 4410. The highest BCUT2D eigenvalue weighted by Crippen LogP contribution is 2.45. The van der Waals surface area contributed by atoms with Crippen LogP contribution in [0.2, 0.25) is 0 Å². The molecular weight excluding hydrogens is 1010 g/mol. The second-order valence-electron chi connectivity index (χ2n) is 29.0. The Morgan fingerprint density at radius 2 is 0.952 bits per heavy atom. The average molecular weight is 1100 g/mol. The van der Waals surface area contributed by atoms with Gasteiger partial charge in [0.1, 0.15) is 17.3 Å². The number of nitrogens with zero attached hydrogens (tertiary/aromatic N) is 4. The summed E-state index contributed by atoms with van der Waals surface area (Å²) in [7, 11) is 0. The van der Waals surface area contributed by atoms with Crippen LogP contribution in [0, 0.1) is 6.33 Å². The fourth-order valence-corrected chi connectivity index (χ4v) is 11.2. The van der Waals surface area contributed by atoms with Crippen LogP contribution in [0.1, 0.15) is 165 Å². The fourth-order valence-electron chi connectivity index (χ4n) is 11.2. The highest BCUT2D eigenvalue weighted by Gasteiger charge is 2.30. The van der Waals surface area contributed by atoms with E-state index in [1.165, 1.54) is 33.4 Å². The number of hydrogen-bond donors (Lipinski definition) is 0. The lowest BCUT2D eigenvalue weighted by Crippen LogP contribution is -2.32. The molecule has 0 fully saturated rings. The van der Waals surface area contributed by atoms with Crippen molar-refractivity contribution in [1.82, 2.24) is 14.1 Å². The van der Waals surface area contributed by atoms with Crippen LogP contribution >= 0.6 is 0 Å². The summed E-state index contributed by atoms with van der Waals surface area (Å²) in [5.41, 5.74) is 16.3. The lowest BCUT2D eigenvalue weighted by molar-refractivity contribution is -0.571. The van der Waals surface area contributed by atoms with E-state index in [0.717, 1.165) is 66.8 Å².